The van der Waals surface area contributed by atoms with E-state index in [9.17, 15) is 4.39 Å². The van der Waals surface area contributed by atoms with Gasteiger partial charge in [0.15, 0.2) is 5.82 Å². The van der Waals surface area contributed by atoms with E-state index in [0.717, 1.165) is 17.0 Å². The average Bonchev–Trinajstić information content (AvgIpc) is 2.74. The van der Waals surface area contributed by atoms with E-state index < -0.39 is 5.82 Å². The molecule has 0 saturated heterocycles. The van der Waals surface area contributed by atoms with Gasteiger partial charge in [0, 0.05) is 22.6 Å². The van der Waals surface area contributed by atoms with Crippen molar-refractivity contribution < 1.29 is 4.39 Å². The molecule has 0 unspecified atom stereocenters. The van der Waals surface area contributed by atoms with Crippen LogP contribution in [0.3, 0.4) is 0 Å². The molecule has 1 aliphatic carbocycles. The first-order chi connectivity index (χ1) is 13.7. The Morgan fingerprint density at radius 3 is 2.14 bits per heavy atom. The highest BCUT2D eigenvalue weighted by Gasteiger charge is 2.17. The third-order valence-electron chi connectivity index (χ3n) is 5.19. The van der Waals surface area contributed by atoms with E-state index in [0.29, 0.717) is 11.5 Å². The highest BCUT2D eigenvalue weighted by Crippen LogP contribution is 2.30. The van der Waals surface area contributed by atoms with Crippen molar-refractivity contribution in [1.82, 2.24) is 0 Å². The fraction of sp³-hybridized carbons (Fsp3) is 0.320. The maximum absolute atomic E-state index is 13.8. The number of halogens is 1. The molecule has 0 heterocycles. The smallest absolute Gasteiger partial charge is 0.150 e. The number of nitrogens with zero attached hydrogens (tertiary/aromatic N) is 1. The first-order valence-corrected chi connectivity index (χ1v) is 10.1. The predicted octanol–water partition coefficient (Wildman–Crippen LogP) is 6.53. The molecule has 0 aromatic heterocycles. The van der Waals surface area contributed by atoms with Crippen molar-refractivity contribution in [2.24, 2.45) is 16.8 Å². The van der Waals surface area contributed by atoms with Crippen LogP contribution in [0.5, 0.6) is 0 Å². The number of isothiocyanates is 1. The van der Waals surface area contributed by atoms with Gasteiger partial charge < -0.3 is 0 Å². The first-order valence-electron chi connectivity index (χ1n) is 9.69. The maximum Gasteiger partial charge on any atom is 0.150 e. The highest BCUT2D eigenvalue weighted by atomic mass is 32.1. The standard InChI is InChI=1S/C25H22FNS/c1-2-19-3-5-20(6-4-19)7-8-21-9-11-22(12-10-21)13-14-23-15-16-25(27-18-28)24(26)17-23/h9-12,15-17,19-20H,2-6H2,1H3. The molecule has 1 nitrogen and oxygen atoms in total. The minimum atomic E-state index is -0.456. The van der Waals surface area contributed by atoms with Gasteiger partial charge in [-0.15, -0.1) is 0 Å². The van der Waals surface area contributed by atoms with Gasteiger partial charge in [0.25, 0.3) is 0 Å². The SMILES string of the molecule is CCC1CCC(C#Cc2ccc(C#Cc3ccc(N=C=S)c(F)c3)cc2)CC1. The Bertz CT molecular complexity index is 987. The minimum Gasteiger partial charge on any atom is -0.205 e. The van der Waals surface area contributed by atoms with Crippen molar-refractivity contribution in [3.8, 4) is 23.7 Å². The number of thiocarbonyl (C=S) groups is 1. The van der Waals surface area contributed by atoms with Crippen LogP contribution in [0.15, 0.2) is 47.5 Å². The van der Waals surface area contributed by atoms with E-state index in [1.165, 1.54) is 38.2 Å². The third kappa shape index (κ3) is 5.64. The second kappa shape index (κ2) is 10.0. The second-order valence-electron chi connectivity index (χ2n) is 7.09. The van der Waals surface area contributed by atoms with Gasteiger partial charge in [0.1, 0.15) is 5.69 Å². The van der Waals surface area contributed by atoms with Gasteiger partial charge in [-0.05, 0) is 86.3 Å². The summed E-state index contributed by atoms with van der Waals surface area (Å²) in [6.07, 6.45) is 6.36. The van der Waals surface area contributed by atoms with Crippen LogP contribution < -0.4 is 0 Å². The number of benzene rings is 2. The molecule has 2 aromatic carbocycles. The van der Waals surface area contributed by atoms with Gasteiger partial charge in [-0.2, -0.15) is 4.99 Å². The molecule has 2 aromatic rings. The van der Waals surface area contributed by atoms with Crippen LogP contribution in [0, 0.1) is 41.3 Å². The molecular formula is C25H22FNS. The lowest BCUT2D eigenvalue weighted by molar-refractivity contribution is 0.309. The van der Waals surface area contributed by atoms with Gasteiger partial charge in [0.05, 0.1) is 5.16 Å². The van der Waals surface area contributed by atoms with E-state index in [-0.39, 0.29) is 5.69 Å². The molecule has 3 rings (SSSR count). The summed E-state index contributed by atoms with van der Waals surface area (Å²) in [6.45, 7) is 2.28. The largest absolute Gasteiger partial charge is 0.205 e. The van der Waals surface area contributed by atoms with Gasteiger partial charge in [-0.25, -0.2) is 4.39 Å². The molecule has 0 amide bonds. The topological polar surface area (TPSA) is 12.4 Å². The van der Waals surface area contributed by atoms with Gasteiger partial charge in [0.2, 0.25) is 0 Å². The summed E-state index contributed by atoms with van der Waals surface area (Å²) in [6, 6.07) is 12.5. The Labute approximate surface area is 172 Å². The summed E-state index contributed by atoms with van der Waals surface area (Å²) in [7, 11) is 0. The third-order valence-corrected chi connectivity index (χ3v) is 5.29. The fourth-order valence-corrected chi connectivity index (χ4v) is 3.50. The molecular weight excluding hydrogens is 365 g/mol. The van der Waals surface area contributed by atoms with Crippen LogP contribution in [-0.4, -0.2) is 5.16 Å². The normalized spacial score (nSPS) is 18.1. The zero-order chi connectivity index (χ0) is 19.8. The molecule has 3 heteroatoms. The zero-order valence-corrected chi connectivity index (χ0v) is 16.8. The maximum atomic E-state index is 13.8. The number of hydrogen-bond acceptors (Lipinski definition) is 2. The van der Waals surface area contributed by atoms with Gasteiger partial charge >= 0.3 is 0 Å². The number of aliphatic imine (C=N–C) groups is 1. The first kappa shape index (κ1) is 20.0. The van der Waals surface area contributed by atoms with Crippen LogP contribution in [0.25, 0.3) is 0 Å². The molecule has 0 radical (unpaired) electrons. The molecule has 1 fully saturated rings. The van der Waals surface area contributed by atoms with Crippen molar-refractivity contribution in [1.29, 1.82) is 0 Å². The van der Waals surface area contributed by atoms with E-state index in [1.807, 2.05) is 24.3 Å². The van der Waals surface area contributed by atoms with E-state index in [2.05, 4.69) is 53.0 Å². The zero-order valence-electron chi connectivity index (χ0n) is 16.0. The quantitative estimate of drug-likeness (QED) is 0.324. The van der Waals surface area contributed by atoms with Crippen molar-refractivity contribution in [3.63, 3.8) is 0 Å². The highest BCUT2D eigenvalue weighted by molar-refractivity contribution is 7.78. The van der Waals surface area contributed by atoms with Gasteiger partial charge in [-0.1, -0.05) is 37.0 Å². The summed E-state index contributed by atoms with van der Waals surface area (Å²) in [5.41, 5.74) is 2.64. The molecule has 1 aliphatic rings. The Morgan fingerprint density at radius 1 is 0.929 bits per heavy atom. The van der Waals surface area contributed by atoms with E-state index in [4.69, 9.17) is 0 Å². The van der Waals surface area contributed by atoms with E-state index >= 15 is 0 Å². The molecule has 1 saturated carbocycles. The Balaban J connectivity index is 1.63. The average molecular weight is 388 g/mol. The van der Waals surface area contributed by atoms with Crippen LogP contribution >= 0.6 is 12.2 Å². The summed E-state index contributed by atoms with van der Waals surface area (Å²) >= 11 is 4.50. The lowest BCUT2D eigenvalue weighted by Crippen LogP contribution is -2.12. The van der Waals surface area contributed by atoms with Crippen molar-refractivity contribution in [3.05, 3.63) is 65.0 Å². The van der Waals surface area contributed by atoms with E-state index in [1.54, 1.807) is 12.1 Å². The van der Waals surface area contributed by atoms with Crippen molar-refractivity contribution >= 4 is 23.1 Å². The summed E-state index contributed by atoms with van der Waals surface area (Å²) in [4.78, 5) is 3.66. The minimum absolute atomic E-state index is 0.173. The molecule has 140 valence electrons. The van der Waals surface area contributed by atoms with Crippen LogP contribution in [0.2, 0.25) is 0 Å². The monoisotopic (exact) mass is 387 g/mol. The van der Waals surface area contributed by atoms with Crippen molar-refractivity contribution in [2.75, 3.05) is 0 Å². The molecule has 0 N–H and O–H groups in total. The summed E-state index contributed by atoms with van der Waals surface area (Å²) in [5, 5.41) is 2.16. The molecule has 0 atom stereocenters. The lowest BCUT2D eigenvalue weighted by atomic mass is 9.81. The molecule has 28 heavy (non-hydrogen) atoms. The Morgan fingerprint density at radius 2 is 1.54 bits per heavy atom. The van der Waals surface area contributed by atoms with Crippen LogP contribution in [0.4, 0.5) is 10.1 Å². The summed E-state index contributed by atoms with van der Waals surface area (Å²) in [5.74, 6) is 13.7. The summed E-state index contributed by atoms with van der Waals surface area (Å²) < 4.78 is 13.8. The fourth-order valence-electron chi connectivity index (χ4n) is 3.41. The number of rotatable bonds is 2. The van der Waals surface area contributed by atoms with Crippen LogP contribution in [0.1, 0.15) is 55.7 Å². The second-order valence-corrected chi connectivity index (χ2v) is 7.27. The Hall–Kier alpha value is -2.71. The predicted molar refractivity (Wildman–Crippen MR) is 116 cm³/mol. The lowest BCUT2D eigenvalue weighted by Gasteiger charge is -2.24. The molecule has 0 aliphatic heterocycles. The Kier molecular flexibility index (Phi) is 7.16. The number of hydrogen-bond donors (Lipinski definition) is 0. The molecule has 0 bridgehead atoms. The van der Waals surface area contributed by atoms with Crippen molar-refractivity contribution in [2.45, 2.75) is 39.0 Å². The molecule has 0 spiro atoms. The van der Waals surface area contributed by atoms with Gasteiger partial charge in [-0.3, -0.25) is 0 Å². The van der Waals surface area contributed by atoms with Crippen LogP contribution in [-0.2, 0) is 0 Å².